The van der Waals surface area contributed by atoms with Crippen LogP contribution in [0.4, 0.5) is 5.69 Å². The van der Waals surface area contributed by atoms with Gasteiger partial charge in [0.15, 0.2) is 14.9 Å². The third-order valence-corrected chi connectivity index (χ3v) is 3.83. The van der Waals surface area contributed by atoms with Crippen LogP contribution in [0.2, 0.25) is 0 Å². The van der Waals surface area contributed by atoms with E-state index in [2.05, 4.69) is 26.8 Å². The molecule has 2 aromatic heterocycles. The minimum Gasteiger partial charge on any atom is -0.377 e. The average molecular weight is 294 g/mol. The van der Waals surface area contributed by atoms with Crippen molar-refractivity contribution in [1.82, 2.24) is 14.5 Å². The highest BCUT2D eigenvalue weighted by Crippen LogP contribution is 2.11. The summed E-state index contributed by atoms with van der Waals surface area (Å²) in [6, 6.07) is 3.20. The van der Waals surface area contributed by atoms with Gasteiger partial charge in [-0.3, -0.25) is 0 Å². The normalized spacial score (nSPS) is 11.5. The molecule has 0 unspecified atom stereocenters. The van der Waals surface area contributed by atoms with E-state index in [0.717, 1.165) is 30.7 Å². The molecule has 0 radical (unpaired) electrons. The van der Waals surface area contributed by atoms with Crippen molar-refractivity contribution in [2.75, 3.05) is 11.6 Å². The van der Waals surface area contributed by atoms with Gasteiger partial charge in [0.05, 0.1) is 18.4 Å². The lowest BCUT2D eigenvalue weighted by molar-refractivity contribution is 0.598. The van der Waals surface area contributed by atoms with Crippen LogP contribution in [0.5, 0.6) is 0 Å². The van der Waals surface area contributed by atoms with Crippen molar-refractivity contribution in [3.63, 3.8) is 0 Å². The summed E-state index contributed by atoms with van der Waals surface area (Å²) in [4.78, 5) is 8.22. The van der Waals surface area contributed by atoms with Gasteiger partial charge in [-0.2, -0.15) is 0 Å². The summed E-state index contributed by atoms with van der Waals surface area (Å²) >= 11 is 0. The number of pyridine rings is 1. The topological polar surface area (TPSA) is 76.9 Å². The van der Waals surface area contributed by atoms with Crippen molar-refractivity contribution in [3.05, 3.63) is 36.5 Å². The molecule has 20 heavy (non-hydrogen) atoms. The first-order valence-corrected chi connectivity index (χ1v) is 8.30. The van der Waals surface area contributed by atoms with Gasteiger partial charge in [-0.25, -0.2) is 18.4 Å². The van der Waals surface area contributed by atoms with E-state index >= 15 is 0 Å². The number of hydrogen-bond donors (Lipinski definition) is 1. The number of sulfone groups is 1. The zero-order chi connectivity index (χ0) is 14.6. The van der Waals surface area contributed by atoms with E-state index in [1.165, 1.54) is 12.3 Å². The van der Waals surface area contributed by atoms with Gasteiger partial charge in [-0.05, 0) is 18.6 Å². The molecule has 0 amide bonds. The summed E-state index contributed by atoms with van der Waals surface area (Å²) in [5.74, 6) is 0.944. The van der Waals surface area contributed by atoms with Crippen LogP contribution in [0, 0.1) is 0 Å². The SMILES string of the molecule is CCCn1ccnc1CNc1ccc(S(C)(=O)=O)nc1. The minimum atomic E-state index is -3.25. The highest BCUT2D eigenvalue weighted by molar-refractivity contribution is 7.90. The lowest BCUT2D eigenvalue weighted by atomic mass is 10.4. The number of aryl methyl sites for hydroxylation is 1. The average Bonchev–Trinajstić information content (AvgIpc) is 2.84. The molecule has 2 rings (SSSR count). The van der Waals surface area contributed by atoms with Gasteiger partial charge in [0.2, 0.25) is 0 Å². The van der Waals surface area contributed by atoms with E-state index in [-0.39, 0.29) is 5.03 Å². The first-order chi connectivity index (χ1) is 9.50. The molecule has 2 heterocycles. The summed E-state index contributed by atoms with van der Waals surface area (Å²) in [5, 5.41) is 3.26. The molecule has 1 N–H and O–H groups in total. The second-order valence-electron chi connectivity index (χ2n) is 4.55. The summed E-state index contributed by atoms with van der Waals surface area (Å²) in [7, 11) is -3.25. The van der Waals surface area contributed by atoms with E-state index in [0.29, 0.717) is 6.54 Å². The molecule has 0 fully saturated rings. The van der Waals surface area contributed by atoms with Crippen LogP contribution in [-0.2, 0) is 22.9 Å². The Morgan fingerprint density at radius 2 is 2.10 bits per heavy atom. The molecule has 0 saturated heterocycles. The fraction of sp³-hybridized carbons (Fsp3) is 0.385. The molecule has 7 heteroatoms. The number of aromatic nitrogens is 3. The maximum atomic E-state index is 11.3. The van der Waals surface area contributed by atoms with E-state index in [1.54, 1.807) is 12.3 Å². The first kappa shape index (κ1) is 14.5. The van der Waals surface area contributed by atoms with Gasteiger partial charge in [-0.15, -0.1) is 0 Å². The van der Waals surface area contributed by atoms with Crippen molar-refractivity contribution < 1.29 is 8.42 Å². The predicted octanol–water partition coefficient (Wildman–Crippen LogP) is 1.70. The van der Waals surface area contributed by atoms with Crippen molar-refractivity contribution in [3.8, 4) is 0 Å². The standard InChI is InChI=1S/C13H18N4O2S/c1-3-7-17-8-6-14-12(17)10-15-11-4-5-13(16-9-11)20(2,18)19/h4-6,8-9,15H,3,7,10H2,1-2H3. The molecule has 0 aliphatic rings. The van der Waals surface area contributed by atoms with Gasteiger partial charge in [0, 0.05) is 25.2 Å². The number of rotatable bonds is 6. The van der Waals surface area contributed by atoms with Gasteiger partial charge in [0.25, 0.3) is 0 Å². The lowest BCUT2D eigenvalue weighted by Gasteiger charge is -2.08. The molecule has 0 saturated carbocycles. The molecule has 0 aromatic carbocycles. The molecular weight excluding hydrogens is 276 g/mol. The smallest absolute Gasteiger partial charge is 0.192 e. The number of nitrogens with one attached hydrogen (secondary N) is 1. The predicted molar refractivity (Wildman–Crippen MR) is 77.2 cm³/mol. The maximum absolute atomic E-state index is 11.3. The number of imidazole rings is 1. The van der Waals surface area contributed by atoms with Crippen molar-refractivity contribution in [1.29, 1.82) is 0 Å². The van der Waals surface area contributed by atoms with Gasteiger partial charge < -0.3 is 9.88 Å². The highest BCUT2D eigenvalue weighted by Gasteiger charge is 2.08. The molecule has 0 atom stereocenters. The molecule has 2 aromatic rings. The van der Waals surface area contributed by atoms with Gasteiger partial charge in [0.1, 0.15) is 5.82 Å². The molecule has 0 aliphatic heterocycles. The monoisotopic (exact) mass is 294 g/mol. The van der Waals surface area contributed by atoms with E-state index in [9.17, 15) is 8.42 Å². The Morgan fingerprint density at radius 3 is 2.70 bits per heavy atom. The Hall–Kier alpha value is -1.89. The number of anilines is 1. The highest BCUT2D eigenvalue weighted by atomic mass is 32.2. The molecule has 0 aliphatic carbocycles. The largest absolute Gasteiger partial charge is 0.377 e. The molecule has 6 nitrogen and oxygen atoms in total. The first-order valence-electron chi connectivity index (χ1n) is 6.40. The Bertz CT molecular complexity index is 662. The minimum absolute atomic E-state index is 0.0792. The van der Waals surface area contributed by atoms with Crippen LogP contribution < -0.4 is 5.32 Å². The second-order valence-corrected chi connectivity index (χ2v) is 6.51. The van der Waals surface area contributed by atoms with Crippen molar-refractivity contribution >= 4 is 15.5 Å². The van der Waals surface area contributed by atoms with Gasteiger partial charge in [-0.1, -0.05) is 6.92 Å². The summed E-state index contributed by atoms with van der Waals surface area (Å²) in [6.07, 6.45) is 7.44. The van der Waals surface area contributed by atoms with E-state index in [4.69, 9.17) is 0 Å². The Labute approximate surface area is 118 Å². The van der Waals surface area contributed by atoms with Crippen molar-refractivity contribution in [2.24, 2.45) is 0 Å². The quantitative estimate of drug-likeness (QED) is 0.877. The molecule has 0 spiro atoms. The van der Waals surface area contributed by atoms with Crippen molar-refractivity contribution in [2.45, 2.75) is 31.5 Å². The summed E-state index contributed by atoms with van der Waals surface area (Å²) < 4.78 is 24.7. The number of nitrogens with zero attached hydrogens (tertiary/aromatic N) is 3. The van der Waals surface area contributed by atoms with Crippen LogP contribution in [0.1, 0.15) is 19.2 Å². The van der Waals surface area contributed by atoms with Crippen LogP contribution in [0.25, 0.3) is 0 Å². The lowest BCUT2D eigenvalue weighted by Crippen LogP contribution is -2.09. The van der Waals surface area contributed by atoms with E-state index < -0.39 is 9.84 Å². The zero-order valence-electron chi connectivity index (χ0n) is 11.6. The van der Waals surface area contributed by atoms with Gasteiger partial charge >= 0.3 is 0 Å². The third-order valence-electron chi connectivity index (χ3n) is 2.83. The Kier molecular flexibility index (Phi) is 4.39. The van der Waals surface area contributed by atoms with Crippen LogP contribution >= 0.6 is 0 Å². The second kappa shape index (κ2) is 6.04. The summed E-state index contributed by atoms with van der Waals surface area (Å²) in [6.45, 7) is 3.63. The van der Waals surface area contributed by atoms with Crippen LogP contribution in [0.15, 0.2) is 35.7 Å². The molecule has 108 valence electrons. The third kappa shape index (κ3) is 3.57. The van der Waals surface area contributed by atoms with Crippen LogP contribution in [-0.4, -0.2) is 29.2 Å². The summed E-state index contributed by atoms with van der Waals surface area (Å²) in [5.41, 5.74) is 0.767. The van der Waals surface area contributed by atoms with Crippen LogP contribution in [0.3, 0.4) is 0 Å². The van der Waals surface area contributed by atoms with E-state index in [1.807, 2.05) is 6.20 Å². The Morgan fingerprint density at radius 1 is 1.30 bits per heavy atom. The number of hydrogen-bond acceptors (Lipinski definition) is 5. The fourth-order valence-electron chi connectivity index (χ4n) is 1.84. The fourth-order valence-corrected chi connectivity index (χ4v) is 2.40. The zero-order valence-corrected chi connectivity index (χ0v) is 12.4. The molecular formula is C13H18N4O2S. The Balaban J connectivity index is 2.02. The maximum Gasteiger partial charge on any atom is 0.192 e. The molecule has 0 bridgehead atoms.